The highest BCUT2D eigenvalue weighted by Gasteiger charge is 2.14. The number of hydrogen-bond donors (Lipinski definition) is 1. The van der Waals surface area contributed by atoms with Crippen LogP contribution >= 0.6 is 11.8 Å². The number of para-hydroxylation sites is 1. The molecule has 5 nitrogen and oxygen atoms in total. The van der Waals surface area contributed by atoms with Gasteiger partial charge in [-0.15, -0.1) is 0 Å². The third-order valence-electron chi connectivity index (χ3n) is 3.62. The second-order valence-corrected chi connectivity index (χ2v) is 6.66. The van der Waals surface area contributed by atoms with Gasteiger partial charge in [0, 0.05) is 23.0 Å². The molecule has 132 valence electrons. The molecule has 0 atom stereocenters. The summed E-state index contributed by atoms with van der Waals surface area (Å²) in [6.45, 7) is -0.339. The molecule has 0 saturated heterocycles. The summed E-state index contributed by atoms with van der Waals surface area (Å²) in [7, 11) is 1.74. The van der Waals surface area contributed by atoms with E-state index in [9.17, 15) is 9.59 Å². The Morgan fingerprint density at radius 1 is 1.00 bits per heavy atom. The number of aromatic nitrogens is 1. The van der Waals surface area contributed by atoms with Gasteiger partial charge in [-0.05, 0) is 36.4 Å². The number of amides is 1. The zero-order chi connectivity index (χ0) is 18.4. The van der Waals surface area contributed by atoms with Crippen molar-refractivity contribution in [2.24, 2.45) is 7.05 Å². The molecule has 1 heterocycles. The molecular weight excluding hydrogens is 348 g/mol. The van der Waals surface area contributed by atoms with Crippen molar-refractivity contribution in [1.82, 2.24) is 4.57 Å². The highest BCUT2D eigenvalue weighted by Crippen LogP contribution is 2.33. The molecule has 0 aliphatic rings. The molecule has 3 rings (SSSR count). The van der Waals surface area contributed by atoms with Crippen LogP contribution in [0.4, 0.5) is 5.69 Å². The smallest absolute Gasteiger partial charge is 0.355 e. The van der Waals surface area contributed by atoms with Crippen LogP contribution in [-0.2, 0) is 16.6 Å². The van der Waals surface area contributed by atoms with E-state index < -0.39 is 5.97 Å². The lowest BCUT2D eigenvalue weighted by Crippen LogP contribution is -2.22. The Balaban J connectivity index is 1.61. The van der Waals surface area contributed by atoms with E-state index in [0.717, 1.165) is 9.79 Å². The minimum atomic E-state index is -0.528. The van der Waals surface area contributed by atoms with Crippen molar-refractivity contribution < 1.29 is 14.3 Å². The lowest BCUT2D eigenvalue weighted by Gasteiger charge is -2.11. The molecule has 1 amide bonds. The number of aryl methyl sites for hydroxylation is 1. The molecule has 0 spiro atoms. The fourth-order valence-corrected chi connectivity index (χ4v) is 3.26. The van der Waals surface area contributed by atoms with Crippen molar-refractivity contribution in [3.63, 3.8) is 0 Å². The Hall–Kier alpha value is -2.99. The Labute approximate surface area is 156 Å². The zero-order valence-corrected chi connectivity index (χ0v) is 15.0. The van der Waals surface area contributed by atoms with E-state index in [4.69, 9.17) is 4.74 Å². The fraction of sp³-hybridized carbons (Fsp3) is 0.100. The van der Waals surface area contributed by atoms with Gasteiger partial charge in [-0.3, -0.25) is 4.79 Å². The summed E-state index contributed by atoms with van der Waals surface area (Å²) in [5, 5.41) is 2.80. The standard InChI is InChI=1S/C20H18N2O3S/c1-22-13-7-11-17(22)20(24)25-14-19(23)21-16-10-5-6-12-18(16)26-15-8-3-2-4-9-15/h2-13H,14H2,1H3,(H,21,23). The van der Waals surface area contributed by atoms with Gasteiger partial charge in [-0.2, -0.15) is 0 Å². The number of hydrogen-bond acceptors (Lipinski definition) is 4. The average Bonchev–Trinajstić information content (AvgIpc) is 3.08. The summed E-state index contributed by atoms with van der Waals surface area (Å²) in [6, 6.07) is 20.8. The lowest BCUT2D eigenvalue weighted by atomic mass is 10.3. The molecule has 1 aromatic heterocycles. The van der Waals surface area contributed by atoms with Crippen LogP contribution < -0.4 is 5.32 Å². The third kappa shape index (κ3) is 4.55. The number of carbonyl (C=O) groups excluding carboxylic acids is 2. The lowest BCUT2D eigenvalue weighted by molar-refractivity contribution is -0.119. The van der Waals surface area contributed by atoms with Crippen LogP contribution in [-0.4, -0.2) is 23.1 Å². The first kappa shape index (κ1) is 17.8. The van der Waals surface area contributed by atoms with Crippen molar-refractivity contribution in [3.8, 4) is 0 Å². The summed E-state index contributed by atoms with van der Waals surface area (Å²) >= 11 is 1.55. The topological polar surface area (TPSA) is 60.3 Å². The normalized spacial score (nSPS) is 10.3. The summed E-state index contributed by atoms with van der Waals surface area (Å²) in [5.41, 5.74) is 1.08. The van der Waals surface area contributed by atoms with Gasteiger partial charge in [0.05, 0.1) is 5.69 Å². The Bertz CT molecular complexity index is 906. The van der Waals surface area contributed by atoms with Crippen molar-refractivity contribution in [2.45, 2.75) is 9.79 Å². The maximum atomic E-state index is 12.2. The molecule has 0 bridgehead atoms. The van der Waals surface area contributed by atoms with Crippen LogP contribution in [0.1, 0.15) is 10.5 Å². The van der Waals surface area contributed by atoms with Crippen LogP contribution in [0.3, 0.4) is 0 Å². The third-order valence-corrected chi connectivity index (χ3v) is 4.70. The Kier molecular flexibility index (Phi) is 5.76. The molecule has 1 N–H and O–H groups in total. The minimum Gasteiger partial charge on any atom is -0.451 e. The van der Waals surface area contributed by atoms with Crippen LogP contribution in [0.2, 0.25) is 0 Å². The van der Waals surface area contributed by atoms with E-state index >= 15 is 0 Å². The van der Waals surface area contributed by atoms with E-state index in [1.54, 1.807) is 41.7 Å². The van der Waals surface area contributed by atoms with Crippen LogP contribution in [0.5, 0.6) is 0 Å². The van der Waals surface area contributed by atoms with Crippen molar-refractivity contribution in [1.29, 1.82) is 0 Å². The molecule has 2 aromatic carbocycles. The SMILES string of the molecule is Cn1cccc1C(=O)OCC(=O)Nc1ccccc1Sc1ccccc1. The van der Waals surface area contributed by atoms with Crippen molar-refractivity contribution >= 4 is 29.3 Å². The van der Waals surface area contributed by atoms with Gasteiger partial charge in [0.25, 0.3) is 5.91 Å². The fourth-order valence-electron chi connectivity index (χ4n) is 2.34. The molecular formula is C20H18N2O3S. The van der Waals surface area contributed by atoms with Gasteiger partial charge in [0.1, 0.15) is 5.69 Å². The Morgan fingerprint density at radius 3 is 2.46 bits per heavy atom. The molecule has 0 radical (unpaired) electrons. The average molecular weight is 366 g/mol. The number of benzene rings is 2. The largest absolute Gasteiger partial charge is 0.451 e. The second-order valence-electron chi connectivity index (χ2n) is 5.54. The maximum absolute atomic E-state index is 12.2. The highest BCUT2D eigenvalue weighted by molar-refractivity contribution is 7.99. The zero-order valence-electron chi connectivity index (χ0n) is 14.2. The van der Waals surface area contributed by atoms with Gasteiger partial charge < -0.3 is 14.6 Å². The Morgan fingerprint density at radius 2 is 1.73 bits per heavy atom. The summed E-state index contributed by atoms with van der Waals surface area (Å²) in [5.74, 6) is -0.909. The molecule has 0 aliphatic heterocycles. The summed E-state index contributed by atoms with van der Waals surface area (Å²) < 4.78 is 6.73. The van der Waals surface area contributed by atoms with Gasteiger partial charge in [-0.1, -0.05) is 42.1 Å². The van der Waals surface area contributed by atoms with Crippen molar-refractivity contribution in [2.75, 3.05) is 11.9 Å². The predicted molar refractivity (Wildman–Crippen MR) is 101 cm³/mol. The molecule has 26 heavy (non-hydrogen) atoms. The number of nitrogens with one attached hydrogen (secondary N) is 1. The molecule has 0 aliphatic carbocycles. The first-order valence-corrected chi connectivity index (χ1v) is 8.85. The monoisotopic (exact) mass is 366 g/mol. The van der Waals surface area contributed by atoms with E-state index in [2.05, 4.69) is 5.32 Å². The van der Waals surface area contributed by atoms with E-state index in [1.165, 1.54) is 0 Å². The quantitative estimate of drug-likeness (QED) is 0.671. The first-order chi connectivity index (χ1) is 12.6. The molecule has 0 saturated carbocycles. The maximum Gasteiger partial charge on any atom is 0.355 e. The second kappa shape index (κ2) is 8.40. The van der Waals surface area contributed by atoms with Gasteiger partial charge in [0.2, 0.25) is 0 Å². The van der Waals surface area contributed by atoms with Gasteiger partial charge in [-0.25, -0.2) is 4.79 Å². The van der Waals surface area contributed by atoms with Gasteiger partial charge in [0.15, 0.2) is 6.61 Å². The number of esters is 1. The number of nitrogens with zero attached hydrogens (tertiary/aromatic N) is 1. The summed E-state index contributed by atoms with van der Waals surface area (Å²) in [6.07, 6.45) is 1.74. The molecule has 0 unspecified atom stereocenters. The van der Waals surface area contributed by atoms with Crippen LogP contribution in [0.15, 0.2) is 82.7 Å². The number of rotatable bonds is 6. The first-order valence-electron chi connectivity index (χ1n) is 8.04. The van der Waals surface area contributed by atoms with Crippen molar-refractivity contribution in [3.05, 3.63) is 78.6 Å². The molecule has 0 fully saturated rings. The number of anilines is 1. The van der Waals surface area contributed by atoms with E-state index in [0.29, 0.717) is 11.4 Å². The predicted octanol–water partition coefficient (Wildman–Crippen LogP) is 3.97. The number of carbonyl (C=O) groups is 2. The minimum absolute atomic E-state index is 0.339. The van der Waals surface area contributed by atoms with E-state index in [-0.39, 0.29) is 12.5 Å². The van der Waals surface area contributed by atoms with E-state index in [1.807, 2.05) is 54.6 Å². The molecule has 6 heteroatoms. The van der Waals surface area contributed by atoms with Crippen LogP contribution in [0, 0.1) is 0 Å². The van der Waals surface area contributed by atoms with Gasteiger partial charge >= 0.3 is 5.97 Å². The highest BCUT2D eigenvalue weighted by atomic mass is 32.2. The molecule has 3 aromatic rings. The van der Waals surface area contributed by atoms with Crippen LogP contribution in [0.25, 0.3) is 0 Å². The summed E-state index contributed by atoms with van der Waals surface area (Å²) in [4.78, 5) is 26.1. The number of ether oxygens (including phenoxy) is 1.